The van der Waals surface area contributed by atoms with Crippen LogP contribution in [0.1, 0.15) is 0 Å². The second kappa shape index (κ2) is 7.40. The Kier molecular flexibility index (Phi) is 9.56. The van der Waals surface area contributed by atoms with E-state index in [-0.39, 0.29) is 25.6 Å². The maximum Gasteiger partial charge on any atom is 0.211 e. The van der Waals surface area contributed by atoms with Gasteiger partial charge in [-0.05, 0) is 0 Å². The highest BCUT2D eigenvalue weighted by Gasteiger charge is 1.96. The zero-order chi connectivity index (χ0) is 7.28. The van der Waals surface area contributed by atoms with Crippen LogP contribution in [0.2, 0.25) is 0 Å². The fraction of sp³-hybridized carbons (Fsp3) is 0.500. The van der Waals surface area contributed by atoms with Crippen molar-refractivity contribution in [1.82, 2.24) is 0 Å². The molecule has 0 aliphatic rings. The SMILES string of the molecule is Cl.O=C(S)COCC(=O)S. The molecule has 0 aliphatic carbocycles. The number of halogens is 1. The molecular formula is C4H7ClO3S2. The van der Waals surface area contributed by atoms with Gasteiger partial charge in [-0.3, -0.25) is 9.59 Å². The van der Waals surface area contributed by atoms with E-state index in [1.807, 2.05) is 0 Å². The summed E-state index contributed by atoms with van der Waals surface area (Å²) in [7, 11) is 0. The summed E-state index contributed by atoms with van der Waals surface area (Å²) in [6, 6.07) is 0. The number of hydrogen-bond donors (Lipinski definition) is 2. The van der Waals surface area contributed by atoms with Crippen molar-refractivity contribution in [3.05, 3.63) is 0 Å². The van der Waals surface area contributed by atoms with Gasteiger partial charge in [0.2, 0.25) is 10.2 Å². The summed E-state index contributed by atoms with van der Waals surface area (Å²) in [6.45, 7) is -0.287. The Bertz CT molecular complexity index is 114. The van der Waals surface area contributed by atoms with Crippen LogP contribution in [0.5, 0.6) is 0 Å². The van der Waals surface area contributed by atoms with Crippen LogP contribution in [0.15, 0.2) is 0 Å². The molecule has 10 heavy (non-hydrogen) atoms. The van der Waals surface area contributed by atoms with Gasteiger partial charge in [-0.25, -0.2) is 0 Å². The summed E-state index contributed by atoms with van der Waals surface area (Å²) in [5, 5.41) is -0.797. The van der Waals surface area contributed by atoms with E-state index in [0.717, 1.165) is 0 Å². The van der Waals surface area contributed by atoms with Gasteiger partial charge in [0.15, 0.2) is 0 Å². The second-order valence-electron chi connectivity index (χ2n) is 1.28. The van der Waals surface area contributed by atoms with Crippen LogP contribution in [0.25, 0.3) is 0 Å². The molecule has 0 saturated heterocycles. The van der Waals surface area contributed by atoms with Crippen LogP contribution >= 0.6 is 37.7 Å². The molecule has 0 bridgehead atoms. The molecule has 0 rings (SSSR count). The van der Waals surface area contributed by atoms with E-state index in [2.05, 4.69) is 30.0 Å². The molecule has 0 aliphatic heterocycles. The largest absolute Gasteiger partial charge is 0.364 e. The molecule has 0 amide bonds. The van der Waals surface area contributed by atoms with Crippen molar-refractivity contribution < 1.29 is 14.3 Å². The normalized spacial score (nSPS) is 8.20. The Labute approximate surface area is 75.7 Å². The van der Waals surface area contributed by atoms with Crippen molar-refractivity contribution in [1.29, 1.82) is 0 Å². The summed E-state index contributed by atoms with van der Waals surface area (Å²) in [6.07, 6.45) is 0. The Balaban J connectivity index is 0. The van der Waals surface area contributed by atoms with E-state index in [9.17, 15) is 9.59 Å². The van der Waals surface area contributed by atoms with Gasteiger partial charge in [-0.2, -0.15) is 0 Å². The third kappa shape index (κ3) is 11.1. The lowest BCUT2D eigenvalue weighted by Crippen LogP contribution is -2.07. The third-order valence-electron chi connectivity index (χ3n) is 0.451. The Hall–Kier alpha value is 0.290. The highest BCUT2D eigenvalue weighted by molar-refractivity contribution is 7.96. The number of hydrogen-bond acceptors (Lipinski definition) is 3. The highest BCUT2D eigenvalue weighted by atomic mass is 35.5. The molecular weight excluding hydrogens is 196 g/mol. The molecule has 0 spiro atoms. The number of rotatable bonds is 4. The van der Waals surface area contributed by atoms with Crippen LogP contribution in [0, 0.1) is 0 Å². The minimum absolute atomic E-state index is 0. The standard InChI is InChI=1S/C4H6O3S2.ClH/c5-3(8)1-7-2-4(6)9;/h1-2H2,(H,5,8)(H,6,9);1H. The minimum atomic E-state index is -0.399. The van der Waals surface area contributed by atoms with E-state index in [4.69, 9.17) is 0 Å². The Morgan fingerprint density at radius 3 is 1.60 bits per heavy atom. The van der Waals surface area contributed by atoms with Crippen LogP contribution in [0.4, 0.5) is 0 Å². The topological polar surface area (TPSA) is 43.4 Å². The number of carbonyl (C=O) groups excluding carboxylic acids is 2. The summed E-state index contributed by atoms with van der Waals surface area (Å²) in [4.78, 5) is 20.1. The average molecular weight is 203 g/mol. The van der Waals surface area contributed by atoms with Crippen molar-refractivity contribution in [2.45, 2.75) is 0 Å². The summed E-state index contributed by atoms with van der Waals surface area (Å²) >= 11 is 6.80. The fourth-order valence-corrected chi connectivity index (χ4v) is 0.408. The van der Waals surface area contributed by atoms with Gasteiger partial charge >= 0.3 is 0 Å². The zero-order valence-corrected chi connectivity index (χ0v) is 7.55. The third-order valence-corrected chi connectivity index (χ3v) is 0.709. The van der Waals surface area contributed by atoms with Gasteiger partial charge in [0.05, 0.1) is 0 Å². The molecule has 0 unspecified atom stereocenters. The average Bonchev–Trinajstić information content (AvgIpc) is 1.63. The van der Waals surface area contributed by atoms with Crippen molar-refractivity contribution in [2.24, 2.45) is 0 Å². The minimum Gasteiger partial charge on any atom is -0.364 e. The second-order valence-corrected chi connectivity index (χ2v) is 2.28. The molecule has 60 valence electrons. The molecule has 0 aromatic carbocycles. The quantitative estimate of drug-likeness (QED) is 0.647. The number of ether oxygens (including phenoxy) is 1. The van der Waals surface area contributed by atoms with E-state index < -0.39 is 10.2 Å². The summed E-state index contributed by atoms with van der Waals surface area (Å²) in [5.74, 6) is 0. The van der Waals surface area contributed by atoms with Crippen molar-refractivity contribution in [3.63, 3.8) is 0 Å². The molecule has 0 fully saturated rings. The maximum atomic E-state index is 10.0. The highest BCUT2D eigenvalue weighted by Crippen LogP contribution is 1.84. The molecule has 0 radical (unpaired) electrons. The van der Waals surface area contributed by atoms with Crippen LogP contribution in [0.3, 0.4) is 0 Å². The lowest BCUT2D eigenvalue weighted by Gasteiger charge is -1.93. The van der Waals surface area contributed by atoms with Gasteiger partial charge in [0.25, 0.3) is 0 Å². The van der Waals surface area contributed by atoms with Crippen molar-refractivity contribution in [2.75, 3.05) is 13.2 Å². The lowest BCUT2D eigenvalue weighted by atomic mass is 10.7. The van der Waals surface area contributed by atoms with Gasteiger partial charge in [-0.15, -0.1) is 37.7 Å². The Morgan fingerprint density at radius 1 is 1.10 bits per heavy atom. The van der Waals surface area contributed by atoms with E-state index in [0.29, 0.717) is 0 Å². The number of carbonyl (C=O) groups is 2. The maximum absolute atomic E-state index is 10.0. The van der Waals surface area contributed by atoms with E-state index in [1.54, 1.807) is 0 Å². The van der Waals surface area contributed by atoms with Crippen LogP contribution in [-0.2, 0) is 14.3 Å². The molecule has 0 aromatic heterocycles. The first-order valence-corrected chi connectivity index (χ1v) is 3.03. The van der Waals surface area contributed by atoms with Gasteiger partial charge in [-0.1, -0.05) is 0 Å². The van der Waals surface area contributed by atoms with Crippen LogP contribution in [-0.4, -0.2) is 23.4 Å². The molecule has 0 heterocycles. The molecule has 0 N–H and O–H groups in total. The monoisotopic (exact) mass is 202 g/mol. The number of thiol groups is 2. The smallest absolute Gasteiger partial charge is 0.211 e. The first-order chi connectivity index (χ1) is 4.13. The van der Waals surface area contributed by atoms with Gasteiger partial charge in [0.1, 0.15) is 13.2 Å². The van der Waals surface area contributed by atoms with E-state index >= 15 is 0 Å². The zero-order valence-electron chi connectivity index (χ0n) is 4.94. The molecule has 0 aromatic rings. The predicted molar refractivity (Wildman–Crippen MR) is 46.1 cm³/mol. The molecule has 0 saturated carbocycles. The Morgan fingerprint density at radius 2 is 1.40 bits per heavy atom. The lowest BCUT2D eigenvalue weighted by molar-refractivity contribution is -0.119. The van der Waals surface area contributed by atoms with E-state index in [1.165, 1.54) is 0 Å². The summed E-state index contributed by atoms with van der Waals surface area (Å²) < 4.78 is 4.50. The predicted octanol–water partition coefficient (Wildman–Crippen LogP) is 0.338. The molecule has 3 nitrogen and oxygen atoms in total. The molecule has 6 heteroatoms. The summed E-state index contributed by atoms with van der Waals surface area (Å²) in [5.41, 5.74) is 0. The first-order valence-electron chi connectivity index (χ1n) is 2.14. The van der Waals surface area contributed by atoms with Crippen molar-refractivity contribution in [3.8, 4) is 0 Å². The molecule has 0 atom stereocenters. The first kappa shape index (κ1) is 12.9. The van der Waals surface area contributed by atoms with Gasteiger partial charge in [0, 0.05) is 0 Å². The van der Waals surface area contributed by atoms with Crippen molar-refractivity contribution >= 4 is 47.9 Å². The van der Waals surface area contributed by atoms with Gasteiger partial charge < -0.3 is 4.74 Å². The fourth-order valence-electron chi connectivity index (χ4n) is 0.226. The van der Waals surface area contributed by atoms with Crippen LogP contribution < -0.4 is 0 Å².